The summed E-state index contributed by atoms with van der Waals surface area (Å²) in [5, 5.41) is 13.9. The van der Waals surface area contributed by atoms with Gasteiger partial charge >= 0.3 is 0 Å². The predicted octanol–water partition coefficient (Wildman–Crippen LogP) is 3.08. The van der Waals surface area contributed by atoms with Gasteiger partial charge in [0.25, 0.3) is 5.91 Å². The number of aryl methyl sites for hydroxylation is 2. The van der Waals surface area contributed by atoms with Crippen molar-refractivity contribution in [1.29, 1.82) is 0 Å². The summed E-state index contributed by atoms with van der Waals surface area (Å²) >= 11 is 1.74. The van der Waals surface area contributed by atoms with Gasteiger partial charge in [-0.1, -0.05) is 0 Å². The minimum atomic E-state index is -0.207. The van der Waals surface area contributed by atoms with Crippen LogP contribution < -0.4 is 10.6 Å². The van der Waals surface area contributed by atoms with E-state index in [0.717, 1.165) is 12.1 Å². The number of carbonyl (C=O) groups is 1. The molecule has 2 heterocycles. The molecule has 0 aliphatic carbocycles. The largest absolute Gasteiger partial charge is 0.369 e. The first kappa shape index (κ1) is 15.4. The second-order valence-electron chi connectivity index (χ2n) is 4.90. The van der Waals surface area contributed by atoms with Gasteiger partial charge in [0.2, 0.25) is 0 Å². The van der Waals surface area contributed by atoms with Crippen LogP contribution in [0.25, 0.3) is 0 Å². The molecule has 2 N–H and O–H groups in total. The van der Waals surface area contributed by atoms with Crippen LogP contribution in [0.1, 0.15) is 45.7 Å². The maximum absolute atomic E-state index is 12.2. The molecule has 1 unspecified atom stereocenters. The van der Waals surface area contributed by atoms with Crippen LogP contribution >= 0.6 is 11.3 Å². The van der Waals surface area contributed by atoms with Gasteiger partial charge in [0, 0.05) is 16.3 Å². The average molecular weight is 304 g/mol. The highest BCUT2D eigenvalue weighted by Gasteiger charge is 2.16. The number of nitrogens with one attached hydrogen (secondary N) is 2. The summed E-state index contributed by atoms with van der Waals surface area (Å²) in [7, 11) is 0. The van der Waals surface area contributed by atoms with Crippen LogP contribution in [-0.4, -0.2) is 22.6 Å². The molecule has 0 saturated heterocycles. The Labute approximate surface area is 128 Å². The van der Waals surface area contributed by atoms with Gasteiger partial charge in [-0.2, -0.15) is 0 Å². The lowest BCUT2D eigenvalue weighted by atomic mass is 10.1. The summed E-state index contributed by atoms with van der Waals surface area (Å²) in [6.07, 6.45) is 0. The van der Waals surface area contributed by atoms with Crippen molar-refractivity contribution in [1.82, 2.24) is 15.5 Å². The zero-order chi connectivity index (χ0) is 15.4. The zero-order valence-electron chi connectivity index (χ0n) is 12.7. The Hall–Kier alpha value is -1.95. The SMILES string of the molecule is CCNc1ccc(C(=O)NC(C)c2cc(C)sc2C)nn1. The third-order valence-corrected chi connectivity index (χ3v) is 4.13. The van der Waals surface area contributed by atoms with Gasteiger partial charge < -0.3 is 10.6 Å². The van der Waals surface area contributed by atoms with E-state index in [2.05, 4.69) is 40.7 Å². The summed E-state index contributed by atoms with van der Waals surface area (Å²) in [6, 6.07) is 5.51. The molecule has 1 atom stereocenters. The monoisotopic (exact) mass is 304 g/mol. The molecule has 0 aliphatic rings. The molecule has 0 radical (unpaired) electrons. The van der Waals surface area contributed by atoms with Gasteiger partial charge in [-0.05, 0) is 51.5 Å². The van der Waals surface area contributed by atoms with Crippen molar-refractivity contribution in [3.8, 4) is 0 Å². The molecule has 0 fully saturated rings. The van der Waals surface area contributed by atoms with E-state index in [1.165, 1.54) is 9.75 Å². The Morgan fingerprint density at radius 2 is 2.10 bits per heavy atom. The number of nitrogens with zero attached hydrogens (tertiary/aromatic N) is 2. The molecule has 2 aromatic heterocycles. The van der Waals surface area contributed by atoms with E-state index in [4.69, 9.17) is 0 Å². The minimum Gasteiger partial charge on any atom is -0.369 e. The van der Waals surface area contributed by atoms with Crippen LogP contribution in [0.3, 0.4) is 0 Å². The number of thiophene rings is 1. The van der Waals surface area contributed by atoms with Gasteiger partial charge in [0.05, 0.1) is 6.04 Å². The molecule has 6 heteroatoms. The Morgan fingerprint density at radius 1 is 1.33 bits per heavy atom. The van der Waals surface area contributed by atoms with Crippen molar-refractivity contribution in [3.63, 3.8) is 0 Å². The van der Waals surface area contributed by atoms with E-state index in [-0.39, 0.29) is 11.9 Å². The van der Waals surface area contributed by atoms with Crippen molar-refractivity contribution in [2.75, 3.05) is 11.9 Å². The standard InChI is InChI=1S/C15H20N4OS/c1-5-16-14-7-6-13(18-19-14)15(20)17-10(3)12-8-9(2)21-11(12)4/h6-8,10H,5H2,1-4H3,(H,16,19)(H,17,20). The molecule has 0 spiro atoms. The van der Waals surface area contributed by atoms with E-state index in [1.807, 2.05) is 13.8 Å². The molecule has 2 aromatic rings. The Balaban J connectivity index is 2.05. The van der Waals surface area contributed by atoms with Crippen LogP contribution in [0.2, 0.25) is 0 Å². The van der Waals surface area contributed by atoms with Crippen LogP contribution in [-0.2, 0) is 0 Å². The number of hydrogen-bond acceptors (Lipinski definition) is 5. The summed E-state index contributed by atoms with van der Waals surface area (Å²) in [4.78, 5) is 14.7. The first-order valence-electron chi connectivity index (χ1n) is 6.96. The normalized spacial score (nSPS) is 12.0. The molecule has 0 saturated carbocycles. The van der Waals surface area contributed by atoms with E-state index < -0.39 is 0 Å². The quantitative estimate of drug-likeness (QED) is 0.891. The van der Waals surface area contributed by atoms with Crippen molar-refractivity contribution in [2.24, 2.45) is 0 Å². The first-order chi connectivity index (χ1) is 10.0. The number of hydrogen-bond donors (Lipinski definition) is 2. The van der Waals surface area contributed by atoms with Crippen molar-refractivity contribution in [2.45, 2.75) is 33.7 Å². The Bertz CT molecular complexity index is 621. The maximum Gasteiger partial charge on any atom is 0.272 e. The van der Waals surface area contributed by atoms with Crippen molar-refractivity contribution >= 4 is 23.1 Å². The van der Waals surface area contributed by atoms with Crippen molar-refractivity contribution < 1.29 is 4.79 Å². The second-order valence-corrected chi connectivity index (χ2v) is 6.36. The fraction of sp³-hybridized carbons (Fsp3) is 0.400. The molecule has 21 heavy (non-hydrogen) atoms. The van der Waals surface area contributed by atoms with E-state index in [9.17, 15) is 4.79 Å². The number of amides is 1. The smallest absolute Gasteiger partial charge is 0.272 e. The van der Waals surface area contributed by atoms with Crippen molar-refractivity contribution in [3.05, 3.63) is 39.2 Å². The lowest BCUT2D eigenvalue weighted by Crippen LogP contribution is -2.27. The van der Waals surface area contributed by atoms with E-state index in [1.54, 1.807) is 23.5 Å². The van der Waals surface area contributed by atoms with Crippen LogP contribution in [0.4, 0.5) is 5.82 Å². The fourth-order valence-electron chi connectivity index (χ4n) is 2.16. The van der Waals surface area contributed by atoms with Gasteiger partial charge in [0.15, 0.2) is 5.69 Å². The van der Waals surface area contributed by atoms with E-state index in [0.29, 0.717) is 11.5 Å². The number of rotatable bonds is 5. The fourth-order valence-corrected chi connectivity index (χ4v) is 3.18. The van der Waals surface area contributed by atoms with Gasteiger partial charge in [-0.3, -0.25) is 4.79 Å². The van der Waals surface area contributed by atoms with Crippen LogP contribution in [0, 0.1) is 13.8 Å². The summed E-state index contributed by atoms with van der Waals surface area (Å²) in [5.74, 6) is 0.465. The highest BCUT2D eigenvalue weighted by atomic mass is 32.1. The molecule has 5 nitrogen and oxygen atoms in total. The second kappa shape index (κ2) is 6.67. The predicted molar refractivity (Wildman–Crippen MR) is 85.9 cm³/mol. The number of carbonyl (C=O) groups excluding carboxylic acids is 1. The highest BCUT2D eigenvalue weighted by Crippen LogP contribution is 2.26. The summed E-state index contributed by atoms with van der Waals surface area (Å²) in [6.45, 7) is 8.87. The summed E-state index contributed by atoms with van der Waals surface area (Å²) < 4.78 is 0. The number of anilines is 1. The molecule has 2 rings (SSSR count). The van der Waals surface area contributed by atoms with Crippen LogP contribution in [0.15, 0.2) is 18.2 Å². The molecule has 112 valence electrons. The van der Waals surface area contributed by atoms with Crippen LogP contribution in [0.5, 0.6) is 0 Å². The third-order valence-electron chi connectivity index (χ3n) is 3.15. The topological polar surface area (TPSA) is 66.9 Å². The lowest BCUT2D eigenvalue weighted by molar-refractivity contribution is 0.0934. The zero-order valence-corrected chi connectivity index (χ0v) is 13.5. The Morgan fingerprint density at radius 3 is 2.62 bits per heavy atom. The molecule has 1 amide bonds. The van der Waals surface area contributed by atoms with E-state index >= 15 is 0 Å². The first-order valence-corrected chi connectivity index (χ1v) is 7.78. The van der Waals surface area contributed by atoms with Gasteiger partial charge in [-0.25, -0.2) is 0 Å². The third kappa shape index (κ3) is 3.78. The minimum absolute atomic E-state index is 0.0438. The lowest BCUT2D eigenvalue weighted by Gasteiger charge is -2.13. The molecular formula is C15H20N4OS. The maximum atomic E-state index is 12.2. The van der Waals surface area contributed by atoms with Gasteiger partial charge in [-0.15, -0.1) is 21.5 Å². The van der Waals surface area contributed by atoms with Gasteiger partial charge in [0.1, 0.15) is 5.82 Å². The highest BCUT2D eigenvalue weighted by molar-refractivity contribution is 7.12. The number of aromatic nitrogens is 2. The molecule has 0 aromatic carbocycles. The summed E-state index contributed by atoms with van der Waals surface area (Å²) in [5.41, 5.74) is 1.48. The molecular weight excluding hydrogens is 284 g/mol. The molecule has 0 aliphatic heterocycles. The Kier molecular flexibility index (Phi) is 4.90. The molecule has 0 bridgehead atoms. The average Bonchev–Trinajstić information content (AvgIpc) is 2.79.